The van der Waals surface area contributed by atoms with Gasteiger partial charge in [-0.05, 0) is 33.1 Å². The topological polar surface area (TPSA) is 86.3 Å². The van der Waals surface area contributed by atoms with Crippen molar-refractivity contribution < 1.29 is 14.7 Å². The minimum absolute atomic E-state index is 0.0126. The molecule has 6 nitrogen and oxygen atoms in total. The Kier molecular flexibility index (Phi) is 4.34. The highest BCUT2D eigenvalue weighted by molar-refractivity contribution is 5.81. The zero-order chi connectivity index (χ0) is 15.6. The minimum Gasteiger partial charge on any atom is -0.481 e. The molecule has 2 N–H and O–H groups in total. The first kappa shape index (κ1) is 15.5. The molecule has 0 unspecified atom stereocenters. The van der Waals surface area contributed by atoms with Crippen molar-refractivity contribution in [3.63, 3.8) is 0 Å². The van der Waals surface area contributed by atoms with Crippen molar-refractivity contribution in [2.24, 2.45) is 5.41 Å². The number of carboxylic acids is 1. The molecule has 21 heavy (non-hydrogen) atoms. The maximum absolute atomic E-state index is 12.5. The monoisotopic (exact) mass is 293 g/mol. The Balaban J connectivity index is 2.11. The number of aromatic nitrogens is 2. The van der Waals surface area contributed by atoms with Crippen molar-refractivity contribution in [3.05, 3.63) is 17.0 Å². The van der Waals surface area contributed by atoms with Gasteiger partial charge in [-0.25, -0.2) is 0 Å². The van der Waals surface area contributed by atoms with Crippen molar-refractivity contribution in [1.82, 2.24) is 15.1 Å². The van der Waals surface area contributed by atoms with Gasteiger partial charge in [0.15, 0.2) is 0 Å². The van der Waals surface area contributed by atoms with Crippen molar-refractivity contribution in [2.75, 3.05) is 13.1 Å². The predicted molar refractivity (Wildman–Crippen MR) is 77.9 cm³/mol. The van der Waals surface area contributed by atoms with Crippen LogP contribution in [0.25, 0.3) is 0 Å². The summed E-state index contributed by atoms with van der Waals surface area (Å²) in [6.07, 6.45) is 2.23. The highest BCUT2D eigenvalue weighted by Crippen LogP contribution is 2.34. The van der Waals surface area contributed by atoms with E-state index in [2.05, 4.69) is 10.2 Å². The molecule has 1 amide bonds. The van der Waals surface area contributed by atoms with Gasteiger partial charge in [0, 0.05) is 24.3 Å². The van der Waals surface area contributed by atoms with Crippen LogP contribution < -0.4 is 0 Å². The number of aryl methyl sites for hydroxylation is 2. The molecule has 2 rings (SSSR count). The third-order valence-electron chi connectivity index (χ3n) is 4.67. The first-order chi connectivity index (χ1) is 9.89. The van der Waals surface area contributed by atoms with Gasteiger partial charge in [-0.2, -0.15) is 5.10 Å². The average molecular weight is 293 g/mol. The summed E-state index contributed by atoms with van der Waals surface area (Å²) in [5.41, 5.74) is 1.87. The molecule has 1 atom stereocenters. The zero-order valence-electron chi connectivity index (χ0n) is 12.9. The fourth-order valence-corrected chi connectivity index (χ4v) is 3.06. The number of carbonyl (C=O) groups is 2. The molecule has 1 saturated heterocycles. The first-order valence-electron chi connectivity index (χ1n) is 7.41. The van der Waals surface area contributed by atoms with E-state index in [0.717, 1.165) is 23.4 Å². The van der Waals surface area contributed by atoms with Crippen LogP contribution in [0, 0.1) is 19.3 Å². The summed E-state index contributed by atoms with van der Waals surface area (Å²) >= 11 is 0. The third-order valence-corrected chi connectivity index (χ3v) is 4.67. The molecule has 1 aromatic rings. The summed E-state index contributed by atoms with van der Waals surface area (Å²) in [6.45, 7) is 6.60. The fourth-order valence-electron chi connectivity index (χ4n) is 3.06. The van der Waals surface area contributed by atoms with Crippen LogP contribution in [-0.4, -0.2) is 45.2 Å². The van der Waals surface area contributed by atoms with Crippen LogP contribution in [0.3, 0.4) is 0 Å². The number of nitrogens with one attached hydrogen (secondary N) is 1. The number of amides is 1. The van der Waals surface area contributed by atoms with Gasteiger partial charge in [-0.3, -0.25) is 14.7 Å². The summed E-state index contributed by atoms with van der Waals surface area (Å²) in [4.78, 5) is 25.7. The number of aromatic amines is 1. The van der Waals surface area contributed by atoms with E-state index < -0.39 is 11.4 Å². The number of rotatable bonds is 4. The molecule has 2 heterocycles. The van der Waals surface area contributed by atoms with Crippen molar-refractivity contribution in [3.8, 4) is 0 Å². The predicted octanol–water partition coefficient (Wildman–Crippen LogP) is 1.67. The van der Waals surface area contributed by atoms with Crippen LogP contribution in [0.1, 0.15) is 43.1 Å². The maximum atomic E-state index is 12.5. The number of carboxylic acid groups (broad SMARTS) is 1. The molecular weight excluding hydrogens is 270 g/mol. The minimum atomic E-state index is -0.793. The molecule has 0 saturated carbocycles. The molecule has 1 aliphatic rings. The van der Waals surface area contributed by atoms with Gasteiger partial charge in [-0.15, -0.1) is 0 Å². The number of H-pyrrole nitrogens is 1. The lowest BCUT2D eigenvalue weighted by Crippen LogP contribution is -2.50. The van der Waals surface area contributed by atoms with E-state index in [-0.39, 0.29) is 12.3 Å². The second-order valence-electron chi connectivity index (χ2n) is 5.95. The van der Waals surface area contributed by atoms with E-state index in [1.807, 2.05) is 20.8 Å². The van der Waals surface area contributed by atoms with E-state index >= 15 is 0 Å². The zero-order valence-corrected chi connectivity index (χ0v) is 12.9. The Bertz CT molecular complexity index is 533. The van der Waals surface area contributed by atoms with Gasteiger partial charge in [0.2, 0.25) is 5.91 Å². The largest absolute Gasteiger partial charge is 0.481 e. The van der Waals surface area contributed by atoms with E-state index in [4.69, 9.17) is 0 Å². The lowest BCUT2D eigenvalue weighted by molar-refractivity contribution is -0.155. The van der Waals surface area contributed by atoms with Gasteiger partial charge in [0.1, 0.15) is 0 Å². The second kappa shape index (κ2) is 5.87. The molecule has 6 heteroatoms. The van der Waals surface area contributed by atoms with Crippen LogP contribution in [0.2, 0.25) is 0 Å². The maximum Gasteiger partial charge on any atom is 0.311 e. The highest BCUT2D eigenvalue weighted by atomic mass is 16.4. The standard InChI is InChI=1S/C15H23N3O3/c1-4-15(14(20)21)6-5-7-18(9-15)13(19)8-12-10(2)16-17-11(12)3/h4-9H2,1-3H3,(H,16,17)(H,20,21)/t15-/m1/s1. The van der Waals surface area contributed by atoms with Gasteiger partial charge in [0.25, 0.3) is 0 Å². The number of aliphatic carboxylic acids is 1. The molecule has 0 spiro atoms. The lowest BCUT2D eigenvalue weighted by Gasteiger charge is -2.39. The number of hydrogen-bond donors (Lipinski definition) is 2. The van der Waals surface area contributed by atoms with Gasteiger partial charge in [0.05, 0.1) is 17.5 Å². The summed E-state index contributed by atoms with van der Waals surface area (Å²) in [6, 6.07) is 0. The Morgan fingerprint density at radius 1 is 1.43 bits per heavy atom. The van der Waals surface area contributed by atoms with E-state index in [1.54, 1.807) is 4.90 Å². The normalized spacial score (nSPS) is 22.3. The molecule has 0 aliphatic carbocycles. The Hall–Kier alpha value is -1.85. The van der Waals surface area contributed by atoms with Crippen LogP contribution in [-0.2, 0) is 16.0 Å². The SMILES string of the molecule is CC[C@@]1(C(=O)O)CCCN(C(=O)Cc2c(C)n[nH]c2C)C1. The number of piperidine rings is 1. The van der Waals surface area contributed by atoms with E-state index in [0.29, 0.717) is 25.9 Å². The van der Waals surface area contributed by atoms with Gasteiger partial charge >= 0.3 is 5.97 Å². The number of nitrogens with zero attached hydrogens (tertiary/aromatic N) is 2. The quantitative estimate of drug-likeness (QED) is 0.884. The molecule has 1 fully saturated rings. The highest BCUT2D eigenvalue weighted by Gasteiger charge is 2.42. The summed E-state index contributed by atoms with van der Waals surface area (Å²) in [5, 5.41) is 16.5. The van der Waals surface area contributed by atoms with Gasteiger partial charge in [-0.1, -0.05) is 6.92 Å². The molecule has 116 valence electrons. The Morgan fingerprint density at radius 3 is 2.67 bits per heavy atom. The lowest BCUT2D eigenvalue weighted by atomic mass is 9.77. The fraction of sp³-hybridized carbons (Fsp3) is 0.667. The van der Waals surface area contributed by atoms with Crippen LogP contribution >= 0.6 is 0 Å². The number of hydrogen-bond acceptors (Lipinski definition) is 3. The summed E-state index contributed by atoms with van der Waals surface area (Å²) in [7, 11) is 0. The Labute approximate surface area is 124 Å². The molecule has 0 radical (unpaired) electrons. The Morgan fingerprint density at radius 2 is 2.14 bits per heavy atom. The van der Waals surface area contributed by atoms with Crippen molar-refractivity contribution in [1.29, 1.82) is 0 Å². The number of likely N-dealkylation sites (tertiary alicyclic amines) is 1. The first-order valence-corrected chi connectivity index (χ1v) is 7.41. The molecule has 1 aromatic heterocycles. The summed E-state index contributed by atoms with van der Waals surface area (Å²) in [5.74, 6) is -0.806. The van der Waals surface area contributed by atoms with Crippen LogP contribution in [0.15, 0.2) is 0 Å². The third kappa shape index (κ3) is 2.94. The van der Waals surface area contributed by atoms with Crippen LogP contribution in [0.5, 0.6) is 0 Å². The molecule has 0 aromatic carbocycles. The molecule has 0 bridgehead atoms. The van der Waals surface area contributed by atoms with E-state index in [9.17, 15) is 14.7 Å². The summed E-state index contributed by atoms with van der Waals surface area (Å²) < 4.78 is 0. The van der Waals surface area contributed by atoms with Crippen LogP contribution in [0.4, 0.5) is 0 Å². The second-order valence-corrected chi connectivity index (χ2v) is 5.95. The number of carbonyl (C=O) groups excluding carboxylic acids is 1. The smallest absolute Gasteiger partial charge is 0.311 e. The van der Waals surface area contributed by atoms with Gasteiger partial charge < -0.3 is 10.0 Å². The van der Waals surface area contributed by atoms with Crippen molar-refractivity contribution in [2.45, 2.75) is 46.5 Å². The van der Waals surface area contributed by atoms with Crippen molar-refractivity contribution >= 4 is 11.9 Å². The molecular formula is C15H23N3O3. The molecule has 1 aliphatic heterocycles. The van der Waals surface area contributed by atoms with E-state index in [1.165, 1.54) is 0 Å². The average Bonchev–Trinajstić information content (AvgIpc) is 2.78.